The van der Waals surface area contributed by atoms with Gasteiger partial charge in [-0.15, -0.1) is 0 Å². The van der Waals surface area contributed by atoms with Gasteiger partial charge >= 0.3 is 0 Å². The summed E-state index contributed by atoms with van der Waals surface area (Å²) in [6.07, 6.45) is -0.777. The lowest BCUT2D eigenvalue weighted by Crippen LogP contribution is -2.00. The summed E-state index contributed by atoms with van der Waals surface area (Å²) in [7, 11) is 1.55. The molecule has 0 saturated heterocycles. The van der Waals surface area contributed by atoms with Gasteiger partial charge in [-0.25, -0.2) is 0 Å². The average molecular weight is 193 g/mol. The molecule has 14 heavy (non-hydrogen) atoms. The van der Waals surface area contributed by atoms with Crippen LogP contribution >= 0.6 is 0 Å². The summed E-state index contributed by atoms with van der Waals surface area (Å²) < 4.78 is 4.99. The SMILES string of the molecule is COc1cccc([C@@H](O)CN=[N+]=[N-])c1. The normalized spacial score (nSPS) is 11.6. The molecule has 0 aromatic heterocycles. The molecule has 1 aromatic carbocycles. The van der Waals surface area contributed by atoms with Crippen LogP contribution in [0.4, 0.5) is 0 Å². The van der Waals surface area contributed by atoms with Crippen LogP contribution in [0.3, 0.4) is 0 Å². The quantitative estimate of drug-likeness (QED) is 0.451. The largest absolute Gasteiger partial charge is 0.497 e. The third kappa shape index (κ3) is 2.65. The van der Waals surface area contributed by atoms with Crippen LogP contribution in [0.5, 0.6) is 5.75 Å². The van der Waals surface area contributed by atoms with Crippen LogP contribution in [0.1, 0.15) is 11.7 Å². The van der Waals surface area contributed by atoms with Crippen molar-refractivity contribution in [2.75, 3.05) is 13.7 Å². The molecule has 0 aliphatic heterocycles. The zero-order chi connectivity index (χ0) is 10.4. The summed E-state index contributed by atoms with van der Waals surface area (Å²) in [6.45, 7) is 0.0314. The fourth-order valence-electron chi connectivity index (χ4n) is 1.07. The van der Waals surface area contributed by atoms with E-state index < -0.39 is 6.10 Å². The highest BCUT2D eigenvalue weighted by atomic mass is 16.5. The number of nitrogens with zero attached hydrogens (tertiary/aromatic N) is 3. The Morgan fingerprint density at radius 2 is 2.43 bits per heavy atom. The van der Waals surface area contributed by atoms with Gasteiger partial charge in [0.05, 0.1) is 19.8 Å². The number of aliphatic hydroxyl groups is 1. The second-order valence-corrected chi connectivity index (χ2v) is 2.71. The summed E-state index contributed by atoms with van der Waals surface area (Å²) in [5.41, 5.74) is 8.76. The molecule has 0 radical (unpaired) electrons. The molecule has 0 bridgehead atoms. The van der Waals surface area contributed by atoms with E-state index in [0.29, 0.717) is 11.3 Å². The van der Waals surface area contributed by atoms with Gasteiger partial charge < -0.3 is 9.84 Å². The number of hydrogen-bond donors (Lipinski definition) is 1. The molecule has 5 heteroatoms. The Balaban J connectivity index is 2.78. The Labute approximate surface area is 81.6 Å². The minimum Gasteiger partial charge on any atom is -0.497 e. The van der Waals surface area contributed by atoms with Crippen molar-refractivity contribution >= 4 is 0 Å². The van der Waals surface area contributed by atoms with Crippen LogP contribution in [0.2, 0.25) is 0 Å². The van der Waals surface area contributed by atoms with Crippen molar-refractivity contribution in [1.82, 2.24) is 0 Å². The molecule has 74 valence electrons. The zero-order valence-corrected chi connectivity index (χ0v) is 7.79. The van der Waals surface area contributed by atoms with Crippen LogP contribution in [0.25, 0.3) is 10.4 Å². The van der Waals surface area contributed by atoms with Crippen LogP contribution in [0, 0.1) is 0 Å². The molecule has 1 atom stereocenters. The first-order valence-corrected chi connectivity index (χ1v) is 4.11. The van der Waals surface area contributed by atoms with Crippen molar-refractivity contribution in [3.05, 3.63) is 40.3 Å². The average Bonchev–Trinajstić information content (AvgIpc) is 2.26. The summed E-state index contributed by atoms with van der Waals surface area (Å²) in [5, 5.41) is 12.8. The van der Waals surface area contributed by atoms with Crippen molar-refractivity contribution in [1.29, 1.82) is 0 Å². The van der Waals surface area contributed by atoms with Gasteiger partial charge in [-0.2, -0.15) is 0 Å². The van der Waals surface area contributed by atoms with Crippen molar-refractivity contribution in [2.45, 2.75) is 6.10 Å². The number of hydrogen-bond acceptors (Lipinski definition) is 3. The molecular formula is C9H11N3O2. The van der Waals surface area contributed by atoms with E-state index in [1.165, 1.54) is 0 Å². The summed E-state index contributed by atoms with van der Waals surface area (Å²) in [6, 6.07) is 7.01. The molecule has 0 aliphatic rings. The molecule has 0 amide bonds. The van der Waals surface area contributed by atoms with Gasteiger partial charge in [-0.1, -0.05) is 17.2 Å². The van der Waals surface area contributed by atoms with Crippen LogP contribution in [0.15, 0.2) is 29.4 Å². The van der Waals surface area contributed by atoms with Gasteiger partial charge in [0.1, 0.15) is 5.75 Å². The fourth-order valence-corrected chi connectivity index (χ4v) is 1.07. The topological polar surface area (TPSA) is 78.2 Å². The lowest BCUT2D eigenvalue weighted by Gasteiger charge is -2.08. The van der Waals surface area contributed by atoms with Gasteiger partial charge in [-0.3, -0.25) is 0 Å². The smallest absolute Gasteiger partial charge is 0.119 e. The van der Waals surface area contributed by atoms with Gasteiger partial charge in [0.25, 0.3) is 0 Å². The first-order chi connectivity index (χ1) is 6.77. The highest BCUT2D eigenvalue weighted by Gasteiger charge is 2.06. The molecule has 0 fully saturated rings. The van der Waals surface area contributed by atoms with Crippen molar-refractivity contribution in [2.24, 2.45) is 5.11 Å². The molecule has 1 aromatic rings. The molecule has 0 saturated carbocycles. The highest BCUT2D eigenvalue weighted by molar-refractivity contribution is 5.29. The number of ether oxygens (including phenoxy) is 1. The third-order valence-electron chi connectivity index (χ3n) is 1.80. The van der Waals surface area contributed by atoms with E-state index in [4.69, 9.17) is 10.3 Å². The maximum atomic E-state index is 9.55. The number of aliphatic hydroxyl groups excluding tert-OH is 1. The maximum absolute atomic E-state index is 9.55. The predicted octanol–water partition coefficient (Wildman–Crippen LogP) is 2.04. The van der Waals surface area contributed by atoms with E-state index in [2.05, 4.69) is 10.0 Å². The Morgan fingerprint density at radius 3 is 3.07 bits per heavy atom. The van der Waals surface area contributed by atoms with Gasteiger partial charge in [-0.05, 0) is 23.2 Å². The molecule has 0 unspecified atom stereocenters. The lowest BCUT2D eigenvalue weighted by molar-refractivity contribution is 0.186. The lowest BCUT2D eigenvalue weighted by atomic mass is 10.1. The number of benzene rings is 1. The highest BCUT2D eigenvalue weighted by Crippen LogP contribution is 2.19. The molecule has 0 heterocycles. The van der Waals surface area contributed by atoms with E-state index in [0.717, 1.165) is 0 Å². The zero-order valence-electron chi connectivity index (χ0n) is 7.79. The van der Waals surface area contributed by atoms with E-state index >= 15 is 0 Å². The Morgan fingerprint density at radius 1 is 1.64 bits per heavy atom. The maximum Gasteiger partial charge on any atom is 0.119 e. The number of methoxy groups -OCH3 is 1. The summed E-state index contributed by atoms with van der Waals surface area (Å²) in [4.78, 5) is 2.58. The molecule has 1 N–H and O–H groups in total. The van der Waals surface area contributed by atoms with Crippen molar-refractivity contribution < 1.29 is 9.84 Å². The van der Waals surface area contributed by atoms with Crippen LogP contribution < -0.4 is 4.74 Å². The standard InChI is InChI=1S/C9H11N3O2/c1-14-8-4-2-3-7(5-8)9(13)6-11-12-10/h2-5,9,13H,6H2,1H3/t9-/m0/s1. The van der Waals surface area contributed by atoms with E-state index in [1.807, 2.05) is 0 Å². The predicted molar refractivity (Wildman–Crippen MR) is 52.0 cm³/mol. The number of rotatable bonds is 4. The molecule has 5 nitrogen and oxygen atoms in total. The second kappa shape index (κ2) is 5.11. The van der Waals surface area contributed by atoms with Crippen molar-refractivity contribution in [3.8, 4) is 5.75 Å². The van der Waals surface area contributed by atoms with E-state index in [9.17, 15) is 5.11 Å². The molecule has 1 rings (SSSR count). The van der Waals surface area contributed by atoms with Gasteiger partial charge in [0.2, 0.25) is 0 Å². The Kier molecular flexibility index (Phi) is 3.79. The first kappa shape index (κ1) is 10.4. The summed E-state index contributed by atoms with van der Waals surface area (Å²) >= 11 is 0. The van der Waals surface area contributed by atoms with Crippen LogP contribution in [-0.2, 0) is 0 Å². The van der Waals surface area contributed by atoms with Crippen molar-refractivity contribution in [3.63, 3.8) is 0 Å². The summed E-state index contributed by atoms with van der Waals surface area (Å²) in [5.74, 6) is 0.669. The Hall–Kier alpha value is -1.71. The van der Waals surface area contributed by atoms with Crippen LogP contribution in [-0.4, -0.2) is 18.8 Å². The molecule has 0 aliphatic carbocycles. The van der Waals surface area contributed by atoms with Gasteiger partial charge in [0.15, 0.2) is 0 Å². The second-order valence-electron chi connectivity index (χ2n) is 2.71. The fraction of sp³-hybridized carbons (Fsp3) is 0.333. The minimum atomic E-state index is -0.777. The van der Waals surface area contributed by atoms with Gasteiger partial charge in [0, 0.05) is 4.91 Å². The number of azide groups is 1. The Bertz CT molecular complexity index is 348. The van der Waals surface area contributed by atoms with E-state index in [1.54, 1.807) is 31.4 Å². The van der Waals surface area contributed by atoms with E-state index in [-0.39, 0.29) is 6.54 Å². The minimum absolute atomic E-state index is 0.0314. The monoisotopic (exact) mass is 193 g/mol. The first-order valence-electron chi connectivity index (χ1n) is 4.11. The molecular weight excluding hydrogens is 182 g/mol. The third-order valence-corrected chi connectivity index (χ3v) is 1.80. The molecule has 0 spiro atoms.